The molecule has 0 saturated carbocycles. The minimum atomic E-state index is -2.03. The van der Waals surface area contributed by atoms with Crippen LogP contribution in [0.2, 0.25) is 13.3 Å². The monoisotopic (exact) mass is 518 g/mol. The van der Waals surface area contributed by atoms with Crippen molar-refractivity contribution in [3.8, 4) is 0 Å². The summed E-state index contributed by atoms with van der Waals surface area (Å²) in [5, 5.41) is 0. The van der Waals surface area contributed by atoms with Gasteiger partial charge in [0.15, 0.2) is 0 Å². The number of hydrogen-bond donors (Lipinski definition) is 0. The largest absolute Gasteiger partial charge is 0 e. The van der Waals surface area contributed by atoms with Gasteiger partial charge in [-0.25, -0.2) is 0 Å². The van der Waals surface area contributed by atoms with Crippen molar-refractivity contribution >= 4 is 27.7 Å². The third-order valence-electron chi connectivity index (χ3n) is 5.37. The van der Waals surface area contributed by atoms with Gasteiger partial charge in [0, 0.05) is 17.1 Å². The number of rotatable bonds is 11. The molecule has 0 unspecified atom stereocenters. The van der Waals surface area contributed by atoms with Crippen LogP contribution in [0.25, 0.3) is 0 Å². The van der Waals surface area contributed by atoms with Crippen LogP contribution in [0.4, 0.5) is 0 Å². The Hall–Kier alpha value is -0.312. The zero-order chi connectivity index (χ0) is 19.3. The third-order valence-corrected chi connectivity index (χ3v) is 21.0. The molecule has 0 N–H and O–H groups in total. The average molecular weight is 517 g/mol. The van der Waals surface area contributed by atoms with Gasteiger partial charge >= 0.3 is 119 Å². The molecule has 27 heavy (non-hydrogen) atoms. The minimum Gasteiger partial charge on any atom is 0 e. The summed E-state index contributed by atoms with van der Waals surface area (Å²) in [5.41, 5.74) is 0.796. The molecule has 2 rings (SSSR count). The van der Waals surface area contributed by atoms with E-state index in [0.717, 1.165) is 5.56 Å². The van der Waals surface area contributed by atoms with Crippen LogP contribution in [0, 0.1) is 0 Å². The van der Waals surface area contributed by atoms with E-state index in [1.807, 2.05) is 27.8 Å². The quantitative estimate of drug-likeness (QED) is 0.177. The molecule has 0 bridgehead atoms. The van der Waals surface area contributed by atoms with Crippen LogP contribution in [0.3, 0.4) is 0 Å². The van der Waals surface area contributed by atoms with Gasteiger partial charge in [-0.2, -0.15) is 0 Å². The predicted octanol–water partition coefficient (Wildman–Crippen LogP) is 7.07. The van der Waals surface area contributed by atoms with E-state index in [1.165, 1.54) is 38.5 Å². The second-order valence-corrected chi connectivity index (χ2v) is 20.7. The summed E-state index contributed by atoms with van der Waals surface area (Å²) in [7, 11) is 0. The summed E-state index contributed by atoms with van der Waals surface area (Å²) in [6.45, 7) is 8.61. The number of ketones is 1. The Morgan fingerprint density at radius 3 is 1.56 bits per heavy atom. The van der Waals surface area contributed by atoms with E-state index >= 15 is 0 Å². The molecule has 3 heteroatoms. The molecule has 0 aromatic heterocycles. The topological polar surface area (TPSA) is 17.1 Å². The first-order valence-electron chi connectivity index (χ1n) is 10.5. The van der Waals surface area contributed by atoms with Crippen molar-refractivity contribution in [3.63, 3.8) is 0 Å². The van der Waals surface area contributed by atoms with Gasteiger partial charge in [0.1, 0.15) is 0 Å². The van der Waals surface area contributed by atoms with Gasteiger partial charge in [0.2, 0.25) is 0 Å². The van der Waals surface area contributed by atoms with Crippen LogP contribution in [0.5, 0.6) is 0 Å². The maximum absolute atomic E-state index is 10.5. The molecule has 158 valence electrons. The van der Waals surface area contributed by atoms with E-state index < -0.39 is 18.4 Å². The van der Waals surface area contributed by atoms with Crippen LogP contribution >= 0.6 is 0 Å². The summed E-state index contributed by atoms with van der Waals surface area (Å²) in [6.07, 6.45) is 8.52. The second-order valence-electron chi connectivity index (χ2n) is 7.49. The van der Waals surface area contributed by atoms with Gasteiger partial charge < -0.3 is 34.6 Å². The molecular weight excluding hydrogens is 479 g/mol. The molecule has 2 aromatic rings. The van der Waals surface area contributed by atoms with Crippen molar-refractivity contribution in [2.24, 2.45) is 0 Å². The maximum atomic E-state index is 10.5. The number of Topliss-reactive ketones (excluding diaryl/α,β-unsaturated/α-hetero) is 1. The maximum Gasteiger partial charge on any atom is 0 e. The van der Waals surface area contributed by atoms with Crippen molar-refractivity contribution < 1.29 is 21.9 Å². The Labute approximate surface area is 182 Å². The first-order chi connectivity index (χ1) is 12.6. The Balaban J connectivity index is 0.000000629. The fourth-order valence-corrected chi connectivity index (χ4v) is 19.7. The van der Waals surface area contributed by atoms with E-state index in [4.69, 9.17) is 0 Å². The predicted molar refractivity (Wildman–Crippen MR) is 119 cm³/mol. The Kier molecular flexibility index (Phi) is 15.4. The van der Waals surface area contributed by atoms with Crippen molar-refractivity contribution in [1.29, 1.82) is 0 Å². The number of carbonyl (C=O) groups is 1. The van der Waals surface area contributed by atoms with Gasteiger partial charge in [-0.1, -0.05) is 0 Å². The van der Waals surface area contributed by atoms with Crippen molar-refractivity contribution in [2.45, 2.75) is 79.5 Å². The molecule has 0 aliphatic heterocycles. The van der Waals surface area contributed by atoms with Gasteiger partial charge in [0.05, 0.1) is 0 Å². The SMILES string of the molecule is CC(=O)[c-]1[cH-][cH-][cH-][cH-]1.CCC[CH2][Sn]([CH2]CCC)([CH2]CCC)[c-]1cccc1.[Fe]. The minimum absolute atomic E-state index is 0. The summed E-state index contributed by atoms with van der Waals surface area (Å²) >= 11 is -2.03. The molecule has 0 amide bonds. The smallest absolute Gasteiger partial charge is 0 e. The second kappa shape index (κ2) is 15.6. The van der Waals surface area contributed by atoms with Crippen LogP contribution in [0.15, 0.2) is 48.5 Å². The fourth-order valence-electron chi connectivity index (χ4n) is 3.69. The van der Waals surface area contributed by atoms with Crippen LogP contribution in [0.1, 0.15) is 76.6 Å². The molecule has 0 saturated heterocycles. The Morgan fingerprint density at radius 2 is 1.26 bits per heavy atom. The van der Waals surface area contributed by atoms with Crippen molar-refractivity contribution in [2.75, 3.05) is 0 Å². The molecule has 0 aliphatic rings. The Bertz CT molecular complexity index is 550. The normalized spacial score (nSPS) is 10.7. The zero-order valence-electron chi connectivity index (χ0n) is 17.7. The molecule has 0 heterocycles. The molecule has 0 aliphatic carbocycles. The molecular formula is C24H38FeOSn-6. The summed E-state index contributed by atoms with van der Waals surface area (Å²) in [4.78, 5) is 10.5. The standard InChI is InChI=1S/C7H7O.C5H4.3C4H9.Fe.Sn/c1-6(8)7-4-2-3-5-7;1-2-4-5-3-1;3*1-3-4-2;;/h2-5H,1H3;1-4H;3*1,3-4H2,2H3;;/q-5;-1;;;;;. The summed E-state index contributed by atoms with van der Waals surface area (Å²) in [5.74, 6) is 0.134. The van der Waals surface area contributed by atoms with E-state index in [2.05, 4.69) is 45.0 Å². The molecule has 1 nitrogen and oxygen atoms in total. The Morgan fingerprint density at radius 1 is 0.852 bits per heavy atom. The zero-order valence-corrected chi connectivity index (χ0v) is 21.7. The molecule has 0 atom stereocenters. The fraction of sp³-hybridized carbons (Fsp3) is 0.542. The van der Waals surface area contributed by atoms with E-state index in [0.29, 0.717) is 0 Å². The number of hydrogen-bond acceptors (Lipinski definition) is 1. The van der Waals surface area contributed by atoms with Crippen molar-refractivity contribution in [3.05, 3.63) is 54.1 Å². The van der Waals surface area contributed by atoms with Crippen LogP contribution in [-0.2, 0) is 17.1 Å². The first-order valence-corrected chi connectivity index (χ1v) is 18.0. The van der Waals surface area contributed by atoms with Crippen molar-refractivity contribution in [1.82, 2.24) is 0 Å². The molecule has 0 spiro atoms. The summed E-state index contributed by atoms with van der Waals surface area (Å²) < 4.78 is 6.60. The van der Waals surface area contributed by atoms with E-state index in [9.17, 15) is 4.79 Å². The van der Waals surface area contributed by atoms with Crippen LogP contribution in [-0.4, -0.2) is 24.2 Å². The summed E-state index contributed by atoms with van der Waals surface area (Å²) in [6, 6.07) is 16.8. The molecule has 2 aromatic carbocycles. The van der Waals surface area contributed by atoms with Gasteiger partial charge in [-0.05, 0) is 0 Å². The van der Waals surface area contributed by atoms with Gasteiger partial charge in [0.25, 0.3) is 0 Å². The average Bonchev–Trinajstić information content (AvgIpc) is 3.36. The third kappa shape index (κ3) is 9.63. The number of unbranched alkanes of at least 4 members (excludes halogenated alkanes) is 3. The van der Waals surface area contributed by atoms with Gasteiger partial charge in [-0.3, -0.25) is 5.78 Å². The van der Waals surface area contributed by atoms with Gasteiger partial charge in [-0.15, -0.1) is 6.92 Å². The number of carbonyl (C=O) groups excluding carboxylic acids is 1. The van der Waals surface area contributed by atoms with E-state index in [-0.39, 0.29) is 22.9 Å². The van der Waals surface area contributed by atoms with Crippen LogP contribution < -0.4 is 3.58 Å². The van der Waals surface area contributed by atoms with E-state index in [1.54, 1.807) is 20.2 Å². The molecule has 0 fully saturated rings. The molecule has 0 radical (unpaired) electrons. The first kappa shape index (κ1) is 26.7.